The highest BCUT2D eigenvalue weighted by Gasteiger charge is 2.18. The second-order valence-corrected chi connectivity index (χ2v) is 4.63. The molecule has 0 saturated carbocycles. The van der Waals surface area contributed by atoms with E-state index < -0.39 is 5.54 Å². The van der Waals surface area contributed by atoms with E-state index in [1.807, 2.05) is 20.8 Å². The van der Waals surface area contributed by atoms with Gasteiger partial charge in [-0.15, -0.1) is 11.3 Å². The van der Waals surface area contributed by atoms with Crippen molar-refractivity contribution in [3.63, 3.8) is 0 Å². The molecular formula is C8H13N3OS. The maximum absolute atomic E-state index is 11.4. The van der Waals surface area contributed by atoms with Gasteiger partial charge < -0.3 is 10.9 Å². The SMILES string of the molecule is CC(C)(C)[N+]([O-])=Cc1csc(N)n1. The molecule has 0 saturated heterocycles. The van der Waals surface area contributed by atoms with E-state index in [9.17, 15) is 5.21 Å². The van der Waals surface area contributed by atoms with Gasteiger partial charge >= 0.3 is 0 Å². The minimum atomic E-state index is -0.432. The predicted octanol–water partition coefficient (Wildman–Crippen LogP) is 1.45. The van der Waals surface area contributed by atoms with Crippen LogP contribution in [0, 0.1) is 5.21 Å². The van der Waals surface area contributed by atoms with Crippen LogP contribution in [0.15, 0.2) is 5.38 Å². The second-order valence-electron chi connectivity index (χ2n) is 3.74. The Balaban J connectivity index is 2.89. The maximum Gasteiger partial charge on any atom is 0.201 e. The Morgan fingerprint density at radius 2 is 2.23 bits per heavy atom. The van der Waals surface area contributed by atoms with Crippen molar-refractivity contribution in [2.45, 2.75) is 26.3 Å². The highest BCUT2D eigenvalue weighted by atomic mass is 32.1. The summed E-state index contributed by atoms with van der Waals surface area (Å²) in [6.45, 7) is 5.52. The molecule has 4 nitrogen and oxygen atoms in total. The topological polar surface area (TPSA) is 65.0 Å². The molecule has 2 N–H and O–H groups in total. The molecule has 0 bridgehead atoms. The average Bonchev–Trinajstić information content (AvgIpc) is 2.33. The number of rotatable bonds is 1. The lowest BCUT2D eigenvalue weighted by atomic mass is 10.1. The lowest BCUT2D eigenvalue weighted by molar-refractivity contribution is -0.530. The normalized spacial score (nSPS) is 13.3. The van der Waals surface area contributed by atoms with Gasteiger partial charge in [-0.3, -0.25) is 0 Å². The Bertz CT molecular complexity index is 324. The van der Waals surface area contributed by atoms with E-state index in [1.165, 1.54) is 17.6 Å². The first kappa shape index (κ1) is 9.98. The van der Waals surface area contributed by atoms with E-state index >= 15 is 0 Å². The third kappa shape index (κ3) is 2.69. The van der Waals surface area contributed by atoms with E-state index in [1.54, 1.807) is 5.38 Å². The highest BCUT2D eigenvalue weighted by Crippen LogP contribution is 2.10. The van der Waals surface area contributed by atoms with Crippen molar-refractivity contribution in [2.24, 2.45) is 0 Å². The van der Waals surface area contributed by atoms with E-state index in [0.29, 0.717) is 10.8 Å². The van der Waals surface area contributed by atoms with Crippen molar-refractivity contribution < 1.29 is 4.74 Å². The fraction of sp³-hybridized carbons (Fsp3) is 0.500. The zero-order chi connectivity index (χ0) is 10.1. The Labute approximate surface area is 81.3 Å². The van der Waals surface area contributed by atoms with Gasteiger partial charge in [0, 0.05) is 26.2 Å². The van der Waals surface area contributed by atoms with E-state index in [0.717, 1.165) is 4.74 Å². The minimum Gasteiger partial charge on any atom is -0.623 e. The molecular weight excluding hydrogens is 186 g/mol. The number of aromatic nitrogens is 1. The molecule has 0 spiro atoms. The Hall–Kier alpha value is -1.10. The fourth-order valence-electron chi connectivity index (χ4n) is 0.674. The van der Waals surface area contributed by atoms with Crippen LogP contribution in [0.3, 0.4) is 0 Å². The molecule has 0 aliphatic carbocycles. The van der Waals surface area contributed by atoms with Gasteiger partial charge in [-0.2, -0.15) is 0 Å². The highest BCUT2D eigenvalue weighted by molar-refractivity contribution is 7.13. The summed E-state index contributed by atoms with van der Waals surface area (Å²) in [7, 11) is 0. The third-order valence-electron chi connectivity index (χ3n) is 1.45. The van der Waals surface area contributed by atoms with Crippen molar-refractivity contribution in [1.82, 2.24) is 4.98 Å². The first-order valence-corrected chi connectivity index (χ1v) is 4.80. The molecule has 1 rings (SSSR count). The van der Waals surface area contributed by atoms with Gasteiger partial charge in [0.25, 0.3) is 0 Å². The fourth-order valence-corrected chi connectivity index (χ4v) is 1.19. The number of thiazole rings is 1. The summed E-state index contributed by atoms with van der Waals surface area (Å²) in [5.74, 6) is 0. The minimum absolute atomic E-state index is 0.432. The van der Waals surface area contributed by atoms with Gasteiger partial charge in [0.1, 0.15) is 5.69 Å². The summed E-state index contributed by atoms with van der Waals surface area (Å²) in [4.78, 5) is 3.96. The number of hydrogen-bond donors (Lipinski definition) is 1. The quantitative estimate of drug-likeness (QED) is 0.322. The average molecular weight is 199 g/mol. The molecule has 5 heteroatoms. The standard InChI is InChI=1S/C8H13N3OS/c1-8(2,3)11(12)4-6-5-13-7(9)10-6/h4-5H,1-3H3,(H2,9,10). The first-order valence-electron chi connectivity index (χ1n) is 3.92. The number of nitrogens with zero attached hydrogens (tertiary/aromatic N) is 2. The predicted molar refractivity (Wildman–Crippen MR) is 55.1 cm³/mol. The van der Waals surface area contributed by atoms with Crippen LogP contribution in [0.25, 0.3) is 0 Å². The van der Waals surface area contributed by atoms with Crippen LogP contribution in [-0.4, -0.2) is 21.5 Å². The molecule has 13 heavy (non-hydrogen) atoms. The van der Waals surface area contributed by atoms with Gasteiger partial charge in [0.15, 0.2) is 10.7 Å². The second kappa shape index (κ2) is 3.33. The molecule has 0 radical (unpaired) electrons. The molecule has 0 aromatic carbocycles. The van der Waals surface area contributed by atoms with E-state index in [-0.39, 0.29) is 0 Å². The summed E-state index contributed by atoms with van der Waals surface area (Å²) in [5, 5.41) is 13.7. The molecule has 0 aliphatic heterocycles. The van der Waals surface area contributed by atoms with Crippen molar-refractivity contribution in [1.29, 1.82) is 0 Å². The van der Waals surface area contributed by atoms with Crippen LogP contribution in [0.5, 0.6) is 0 Å². The molecule has 0 unspecified atom stereocenters. The Morgan fingerprint density at radius 1 is 1.62 bits per heavy atom. The molecule has 0 aliphatic rings. The van der Waals surface area contributed by atoms with Crippen LogP contribution >= 0.6 is 11.3 Å². The lowest BCUT2D eigenvalue weighted by Crippen LogP contribution is -2.29. The van der Waals surface area contributed by atoms with Crippen LogP contribution in [0.1, 0.15) is 26.5 Å². The molecule has 0 fully saturated rings. The zero-order valence-corrected chi connectivity index (χ0v) is 8.76. The molecule has 0 amide bonds. The third-order valence-corrected chi connectivity index (χ3v) is 2.14. The van der Waals surface area contributed by atoms with Crippen LogP contribution in [-0.2, 0) is 0 Å². The molecule has 1 aromatic heterocycles. The lowest BCUT2D eigenvalue weighted by Gasteiger charge is -2.17. The summed E-state index contributed by atoms with van der Waals surface area (Å²) in [6, 6.07) is 0. The van der Waals surface area contributed by atoms with E-state index in [4.69, 9.17) is 5.73 Å². The van der Waals surface area contributed by atoms with E-state index in [2.05, 4.69) is 4.98 Å². The van der Waals surface area contributed by atoms with Crippen LogP contribution in [0.2, 0.25) is 0 Å². The van der Waals surface area contributed by atoms with Crippen molar-refractivity contribution >= 4 is 22.7 Å². The molecule has 1 aromatic rings. The number of hydroxylamine groups is 1. The van der Waals surface area contributed by atoms with Crippen LogP contribution < -0.4 is 5.73 Å². The van der Waals surface area contributed by atoms with Gasteiger partial charge in [-0.1, -0.05) is 0 Å². The van der Waals surface area contributed by atoms with Gasteiger partial charge in [-0.05, 0) is 0 Å². The molecule has 0 atom stereocenters. The summed E-state index contributed by atoms with van der Waals surface area (Å²) in [6.07, 6.45) is 1.45. The number of anilines is 1. The maximum atomic E-state index is 11.4. The van der Waals surface area contributed by atoms with Crippen LogP contribution in [0.4, 0.5) is 5.13 Å². The van der Waals surface area contributed by atoms with Gasteiger partial charge in [0.2, 0.25) is 6.21 Å². The monoisotopic (exact) mass is 199 g/mol. The summed E-state index contributed by atoms with van der Waals surface area (Å²) < 4.78 is 0.876. The smallest absolute Gasteiger partial charge is 0.201 e. The first-order chi connectivity index (χ1) is 5.89. The van der Waals surface area contributed by atoms with Crippen molar-refractivity contribution in [2.75, 3.05) is 5.73 Å². The Kier molecular flexibility index (Phi) is 2.56. The Morgan fingerprint density at radius 3 is 2.62 bits per heavy atom. The summed E-state index contributed by atoms with van der Waals surface area (Å²) >= 11 is 1.33. The van der Waals surface area contributed by atoms with Gasteiger partial charge in [-0.25, -0.2) is 9.72 Å². The largest absolute Gasteiger partial charge is 0.623 e. The molecule has 1 heterocycles. The zero-order valence-electron chi connectivity index (χ0n) is 7.94. The number of hydrogen-bond acceptors (Lipinski definition) is 4. The summed E-state index contributed by atoms with van der Waals surface area (Å²) in [5.41, 5.74) is 5.62. The van der Waals surface area contributed by atoms with Crippen molar-refractivity contribution in [3.05, 3.63) is 16.3 Å². The van der Waals surface area contributed by atoms with Gasteiger partial charge in [0.05, 0.1) is 0 Å². The molecule has 72 valence electrons. The number of nitrogen functional groups attached to an aromatic ring is 1. The number of nitrogens with two attached hydrogens (primary N) is 1. The van der Waals surface area contributed by atoms with Crippen molar-refractivity contribution in [3.8, 4) is 0 Å².